The Morgan fingerprint density at radius 2 is 1.92 bits per heavy atom. The second-order valence-electron chi connectivity index (χ2n) is 14.1. The van der Waals surface area contributed by atoms with Crippen molar-refractivity contribution in [1.29, 1.82) is 5.26 Å². The van der Waals surface area contributed by atoms with Gasteiger partial charge in [0, 0.05) is 62.4 Å². The molecule has 0 amide bonds. The average Bonchev–Trinajstić information content (AvgIpc) is 3.58. The number of aliphatic carboxylic acids is 1. The molecule has 10 nitrogen and oxygen atoms in total. The van der Waals surface area contributed by atoms with Crippen molar-refractivity contribution in [2.45, 2.75) is 74.8 Å². The number of allylic oxidation sites excluding steroid dienone is 2. The van der Waals surface area contributed by atoms with Crippen molar-refractivity contribution in [3.8, 4) is 17.6 Å². The first kappa shape index (κ1) is 38.8. The van der Waals surface area contributed by atoms with E-state index >= 15 is 0 Å². The number of alkyl halides is 1. The number of pyridine rings is 1. The smallest absolute Gasteiger partial charge is 0.320 e. The van der Waals surface area contributed by atoms with E-state index in [4.69, 9.17) is 37.4 Å². The average molecular weight is 762 g/mol. The lowest BCUT2D eigenvalue weighted by molar-refractivity contribution is -0.144. The molecule has 12 heteroatoms. The molecule has 2 unspecified atom stereocenters. The highest BCUT2D eigenvalue weighted by Crippen LogP contribution is 2.48. The molecule has 6 rings (SSSR count). The number of aliphatic hydroxyl groups excluding tert-OH is 1. The fraction of sp³-hybridized carbons (Fsp3) is 0.439. The minimum Gasteiger partial charge on any atom is -0.488 e. The molecule has 0 saturated carbocycles. The summed E-state index contributed by atoms with van der Waals surface area (Å²) in [6.45, 7) is 5.75. The number of rotatable bonds is 15. The molecule has 2 aliphatic heterocycles. The van der Waals surface area contributed by atoms with E-state index in [1.807, 2.05) is 60.4 Å². The van der Waals surface area contributed by atoms with E-state index in [1.165, 1.54) is 6.20 Å². The zero-order valence-corrected chi connectivity index (χ0v) is 31.4. The van der Waals surface area contributed by atoms with Crippen LogP contribution in [0.5, 0.6) is 11.5 Å². The van der Waals surface area contributed by atoms with Crippen LogP contribution in [-0.4, -0.2) is 93.0 Å². The van der Waals surface area contributed by atoms with Crippen LogP contribution in [0.2, 0.25) is 5.02 Å². The van der Waals surface area contributed by atoms with E-state index in [0.29, 0.717) is 65.9 Å². The quantitative estimate of drug-likeness (QED) is 0.125. The van der Waals surface area contributed by atoms with E-state index in [-0.39, 0.29) is 19.3 Å². The summed E-state index contributed by atoms with van der Waals surface area (Å²) in [7, 11) is 0. The van der Waals surface area contributed by atoms with Crippen LogP contribution in [0.25, 0.3) is 5.57 Å². The third kappa shape index (κ3) is 9.23. The largest absolute Gasteiger partial charge is 0.488 e. The molecular formula is C41H46Cl2N4O6. The number of likely N-dealkylation sites (tertiary alicyclic amines) is 2. The number of ether oxygens (including phenoxy) is 3. The summed E-state index contributed by atoms with van der Waals surface area (Å²) in [5.74, 6) is -0.0232. The zero-order chi connectivity index (χ0) is 37.4. The number of hydrogen-bond donors (Lipinski definition) is 2. The molecule has 2 N–H and O–H groups in total. The van der Waals surface area contributed by atoms with Crippen molar-refractivity contribution in [2.75, 3.05) is 39.4 Å². The molecule has 1 aliphatic carbocycles. The van der Waals surface area contributed by atoms with Gasteiger partial charge in [0.15, 0.2) is 0 Å². The SMILES string of the molecule is CC1(Cl)C(c2ccccc2)=CC=CC1(COc1cc(OCc2cncc(C#N)c2)c(CN2CCCC[C@H]2C(=O)O)cc1Cl)OCCCN1CC[C@H](O)C1. The van der Waals surface area contributed by atoms with Gasteiger partial charge in [0.05, 0.1) is 16.7 Å². The molecule has 2 saturated heterocycles. The first-order valence-electron chi connectivity index (χ1n) is 18.2. The Kier molecular flexibility index (Phi) is 12.8. The van der Waals surface area contributed by atoms with Crippen LogP contribution in [0.1, 0.15) is 61.3 Å². The fourth-order valence-electron chi connectivity index (χ4n) is 7.39. The van der Waals surface area contributed by atoms with E-state index in [1.54, 1.807) is 24.4 Å². The summed E-state index contributed by atoms with van der Waals surface area (Å²) in [4.78, 5) is 19.4. The third-order valence-corrected chi connectivity index (χ3v) is 11.2. The summed E-state index contributed by atoms with van der Waals surface area (Å²) in [6, 6.07) is 16.7. The highest BCUT2D eigenvalue weighted by Gasteiger charge is 2.51. The van der Waals surface area contributed by atoms with Gasteiger partial charge >= 0.3 is 5.97 Å². The minimum absolute atomic E-state index is 0.0238. The number of nitriles is 1. The van der Waals surface area contributed by atoms with E-state index in [9.17, 15) is 20.3 Å². The molecule has 3 aromatic rings. The molecule has 0 spiro atoms. The van der Waals surface area contributed by atoms with Crippen molar-refractivity contribution in [3.63, 3.8) is 0 Å². The Balaban J connectivity index is 1.28. The van der Waals surface area contributed by atoms with Crippen LogP contribution in [0.4, 0.5) is 0 Å². The lowest BCUT2D eigenvalue weighted by Crippen LogP contribution is -2.55. The van der Waals surface area contributed by atoms with Gasteiger partial charge in [-0.25, -0.2) is 0 Å². The molecule has 3 aliphatic rings. The van der Waals surface area contributed by atoms with Gasteiger partial charge < -0.3 is 29.3 Å². The van der Waals surface area contributed by atoms with Gasteiger partial charge in [-0.2, -0.15) is 5.26 Å². The van der Waals surface area contributed by atoms with E-state index in [2.05, 4.69) is 16.0 Å². The van der Waals surface area contributed by atoms with Crippen molar-refractivity contribution in [2.24, 2.45) is 0 Å². The number of β-amino-alcohol motifs (C(OH)–C–C–N with tert-alkyl or cyclic N) is 1. The Labute approximate surface area is 321 Å². The monoisotopic (exact) mass is 760 g/mol. The van der Waals surface area contributed by atoms with Gasteiger partial charge in [-0.05, 0) is 68.5 Å². The van der Waals surface area contributed by atoms with Crippen LogP contribution in [0.3, 0.4) is 0 Å². The number of halogens is 2. The highest BCUT2D eigenvalue weighted by atomic mass is 35.5. The molecule has 4 atom stereocenters. The Hall–Kier alpha value is -3.95. The lowest BCUT2D eigenvalue weighted by atomic mass is 9.76. The standard InChI is InChI=1S/C41H46Cl2N4O6/c1-40(43)34(31-9-3-2-4-10-31)11-7-14-41(40,53-18-8-15-46-17-13-33(48)26-46)28-52-38-21-37(51-27-30-19-29(22-44)23-45-24-30)32(20-35(38)42)25-47-16-6-5-12-36(47)39(49)50/h2-4,7,9-11,14,19-21,23-24,33,36,48H,5-6,8,12-13,15-18,25-28H2,1H3,(H,49,50)/t33-,36-,40?,41?/m0/s1. The number of benzene rings is 2. The number of nitrogens with zero attached hydrogens (tertiary/aromatic N) is 4. The molecule has 53 heavy (non-hydrogen) atoms. The fourth-order valence-corrected chi connectivity index (χ4v) is 7.97. The van der Waals surface area contributed by atoms with Crippen LogP contribution in [-0.2, 0) is 22.7 Å². The number of aliphatic hydroxyl groups is 1. The van der Waals surface area contributed by atoms with Gasteiger partial charge in [-0.1, -0.05) is 60.5 Å². The maximum atomic E-state index is 12.1. The Bertz CT molecular complexity index is 1850. The molecular weight excluding hydrogens is 715 g/mol. The van der Waals surface area contributed by atoms with Gasteiger partial charge in [0.1, 0.15) is 47.3 Å². The second kappa shape index (κ2) is 17.5. The summed E-state index contributed by atoms with van der Waals surface area (Å²) < 4.78 is 19.7. The number of piperidine rings is 1. The van der Waals surface area contributed by atoms with Crippen LogP contribution in [0.15, 0.2) is 79.2 Å². The molecule has 2 fully saturated rings. The van der Waals surface area contributed by atoms with Crippen molar-refractivity contribution in [1.82, 2.24) is 14.8 Å². The molecule has 3 heterocycles. The summed E-state index contributed by atoms with van der Waals surface area (Å²) in [5, 5.41) is 29.7. The maximum absolute atomic E-state index is 12.1. The predicted molar refractivity (Wildman–Crippen MR) is 204 cm³/mol. The lowest BCUT2D eigenvalue weighted by Gasteiger charge is -2.45. The van der Waals surface area contributed by atoms with Gasteiger partial charge in [0.25, 0.3) is 0 Å². The summed E-state index contributed by atoms with van der Waals surface area (Å²) >= 11 is 14.5. The molecule has 0 radical (unpaired) electrons. The minimum atomic E-state index is -1.10. The Morgan fingerprint density at radius 1 is 1.09 bits per heavy atom. The predicted octanol–water partition coefficient (Wildman–Crippen LogP) is 6.87. The summed E-state index contributed by atoms with van der Waals surface area (Å²) in [5.41, 5.74) is 2.59. The first-order chi connectivity index (χ1) is 25.6. The number of carboxylic acid groups (broad SMARTS) is 1. The summed E-state index contributed by atoms with van der Waals surface area (Å²) in [6.07, 6.45) is 12.6. The zero-order valence-electron chi connectivity index (χ0n) is 29.9. The van der Waals surface area contributed by atoms with Crippen LogP contribution < -0.4 is 9.47 Å². The second-order valence-corrected chi connectivity index (χ2v) is 15.3. The number of carboxylic acids is 1. The van der Waals surface area contributed by atoms with Gasteiger partial charge in [-0.15, -0.1) is 11.6 Å². The normalized spacial score (nSPS) is 24.8. The van der Waals surface area contributed by atoms with Crippen LogP contribution >= 0.6 is 23.2 Å². The number of hydrogen-bond acceptors (Lipinski definition) is 9. The maximum Gasteiger partial charge on any atom is 0.320 e. The van der Waals surface area contributed by atoms with Crippen molar-refractivity contribution < 1.29 is 29.2 Å². The molecule has 1 aromatic heterocycles. The van der Waals surface area contributed by atoms with Crippen molar-refractivity contribution in [3.05, 3.63) is 106 Å². The van der Waals surface area contributed by atoms with E-state index in [0.717, 1.165) is 49.9 Å². The highest BCUT2D eigenvalue weighted by molar-refractivity contribution is 6.32. The first-order valence-corrected chi connectivity index (χ1v) is 18.9. The molecule has 0 bridgehead atoms. The topological polar surface area (TPSA) is 128 Å². The third-order valence-electron chi connectivity index (χ3n) is 10.4. The molecule has 2 aromatic carbocycles. The van der Waals surface area contributed by atoms with Crippen LogP contribution in [0, 0.1) is 11.3 Å². The Morgan fingerprint density at radius 3 is 2.68 bits per heavy atom. The number of aromatic nitrogens is 1. The molecule has 280 valence electrons. The van der Waals surface area contributed by atoms with E-state index < -0.39 is 22.5 Å². The number of carbonyl (C=O) groups is 1. The van der Waals surface area contributed by atoms with Crippen molar-refractivity contribution >= 4 is 34.7 Å². The van der Waals surface area contributed by atoms with Gasteiger partial charge in [-0.3, -0.25) is 14.7 Å². The van der Waals surface area contributed by atoms with Gasteiger partial charge in [0.2, 0.25) is 0 Å².